The van der Waals surface area contributed by atoms with E-state index in [4.69, 9.17) is 11.6 Å². The number of ether oxygens (including phenoxy) is 1. The Labute approximate surface area is 106 Å². The van der Waals surface area contributed by atoms with E-state index in [2.05, 4.69) is 14.7 Å². The molecule has 0 saturated carbocycles. The second-order valence-corrected chi connectivity index (χ2v) is 3.72. The van der Waals surface area contributed by atoms with Gasteiger partial charge in [0.15, 0.2) is 6.10 Å². The summed E-state index contributed by atoms with van der Waals surface area (Å²) in [6.45, 7) is 1.03. The zero-order chi connectivity index (χ0) is 13.7. The predicted molar refractivity (Wildman–Crippen MR) is 57.3 cm³/mol. The second kappa shape index (κ2) is 6.34. The number of rotatable bonds is 5. The van der Waals surface area contributed by atoms with Crippen LogP contribution in [0, 0.1) is 0 Å². The van der Waals surface area contributed by atoms with Crippen molar-refractivity contribution >= 4 is 23.4 Å². The lowest BCUT2D eigenvalue weighted by Crippen LogP contribution is -2.33. The minimum atomic E-state index is -3.21. The van der Waals surface area contributed by atoms with Gasteiger partial charge in [-0.05, 0) is 0 Å². The molecule has 8 heteroatoms. The molecule has 0 radical (unpaired) electrons. The van der Waals surface area contributed by atoms with Crippen LogP contribution in [0.4, 0.5) is 8.78 Å². The summed E-state index contributed by atoms with van der Waals surface area (Å²) in [5.41, 5.74) is 0.222. The molecule has 98 valence electrons. The standard InChI is InChI=1S/C10H9ClF2N2O3/c1-5(16)18-7(9(17)10(12)13)2-6-3-15-8(11)4-14-6/h3-4,7,10H,2H2,1H3. The highest BCUT2D eigenvalue weighted by Gasteiger charge is 2.29. The Bertz CT molecular complexity index is 439. The smallest absolute Gasteiger partial charge is 0.303 e. The summed E-state index contributed by atoms with van der Waals surface area (Å²) in [5, 5.41) is 0.128. The van der Waals surface area contributed by atoms with Crippen LogP contribution in [-0.2, 0) is 20.7 Å². The number of carbonyl (C=O) groups is 2. The van der Waals surface area contributed by atoms with Crippen molar-refractivity contribution < 1.29 is 23.1 Å². The fourth-order valence-electron chi connectivity index (χ4n) is 1.18. The number of aromatic nitrogens is 2. The number of carbonyl (C=O) groups excluding carboxylic acids is 2. The van der Waals surface area contributed by atoms with Crippen molar-refractivity contribution in [2.75, 3.05) is 0 Å². The van der Waals surface area contributed by atoms with Crippen LogP contribution in [0.5, 0.6) is 0 Å². The van der Waals surface area contributed by atoms with Crippen LogP contribution >= 0.6 is 11.6 Å². The first-order chi connectivity index (χ1) is 8.40. The van der Waals surface area contributed by atoms with Crippen LogP contribution < -0.4 is 0 Å². The van der Waals surface area contributed by atoms with Crippen LogP contribution in [0.25, 0.3) is 0 Å². The highest BCUT2D eigenvalue weighted by molar-refractivity contribution is 6.29. The molecule has 0 N–H and O–H groups in total. The number of halogens is 3. The van der Waals surface area contributed by atoms with Gasteiger partial charge in [-0.15, -0.1) is 0 Å². The Morgan fingerprint density at radius 2 is 2.06 bits per heavy atom. The van der Waals surface area contributed by atoms with Gasteiger partial charge in [-0.2, -0.15) is 0 Å². The van der Waals surface area contributed by atoms with E-state index >= 15 is 0 Å². The van der Waals surface area contributed by atoms with E-state index < -0.39 is 24.3 Å². The average molecular weight is 279 g/mol. The first-order valence-corrected chi connectivity index (χ1v) is 5.23. The first kappa shape index (κ1) is 14.4. The molecule has 0 saturated heterocycles. The minimum absolute atomic E-state index is 0.128. The SMILES string of the molecule is CC(=O)OC(Cc1cnc(Cl)cn1)C(=O)C(F)F. The number of ketones is 1. The Morgan fingerprint density at radius 1 is 1.39 bits per heavy atom. The molecule has 0 aliphatic rings. The van der Waals surface area contributed by atoms with Crippen molar-refractivity contribution in [2.24, 2.45) is 0 Å². The minimum Gasteiger partial charge on any atom is -0.454 e. The fraction of sp³-hybridized carbons (Fsp3) is 0.400. The van der Waals surface area contributed by atoms with Gasteiger partial charge in [0.1, 0.15) is 5.15 Å². The van der Waals surface area contributed by atoms with Crippen LogP contribution in [-0.4, -0.2) is 34.2 Å². The van der Waals surface area contributed by atoms with Gasteiger partial charge in [0.2, 0.25) is 5.78 Å². The molecule has 1 aromatic rings. The molecule has 1 aromatic heterocycles. The maximum atomic E-state index is 12.3. The van der Waals surface area contributed by atoms with Crippen molar-refractivity contribution in [3.8, 4) is 0 Å². The van der Waals surface area contributed by atoms with Gasteiger partial charge >= 0.3 is 5.97 Å². The van der Waals surface area contributed by atoms with Crippen LogP contribution in [0.3, 0.4) is 0 Å². The van der Waals surface area contributed by atoms with E-state index in [1.54, 1.807) is 0 Å². The lowest BCUT2D eigenvalue weighted by atomic mass is 10.1. The largest absolute Gasteiger partial charge is 0.454 e. The van der Waals surface area contributed by atoms with Gasteiger partial charge in [0.25, 0.3) is 6.43 Å². The molecular weight excluding hydrogens is 270 g/mol. The molecule has 1 unspecified atom stereocenters. The number of alkyl halides is 2. The third-order valence-corrected chi connectivity index (χ3v) is 2.10. The molecule has 18 heavy (non-hydrogen) atoms. The summed E-state index contributed by atoms with van der Waals surface area (Å²) in [7, 11) is 0. The number of hydrogen-bond acceptors (Lipinski definition) is 5. The number of Topliss-reactive ketones (excluding diaryl/α,β-unsaturated/α-hetero) is 1. The summed E-state index contributed by atoms with van der Waals surface area (Å²) < 4.78 is 29.1. The molecule has 0 amide bonds. The second-order valence-electron chi connectivity index (χ2n) is 3.34. The van der Waals surface area contributed by atoms with Gasteiger partial charge < -0.3 is 4.74 Å². The van der Waals surface area contributed by atoms with Crippen LogP contribution in [0.1, 0.15) is 12.6 Å². The van der Waals surface area contributed by atoms with Gasteiger partial charge in [-0.25, -0.2) is 13.8 Å². The Morgan fingerprint density at radius 3 is 2.50 bits per heavy atom. The lowest BCUT2D eigenvalue weighted by molar-refractivity contribution is -0.157. The summed E-state index contributed by atoms with van der Waals surface area (Å²) in [6, 6.07) is 0. The highest BCUT2D eigenvalue weighted by atomic mass is 35.5. The molecule has 5 nitrogen and oxygen atoms in total. The number of nitrogens with zero attached hydrogens (tertiary/aromatic N) is 2. The highest BCUT2D eigenvalue weighted by Crippen LogP contribution is 2.10. The molecular formula is C10H9ClF2N2O3. The van der Waals surface area contributed by atoms with E-state index in [9.17, 15) is 18.4 Å². The summed E-state index contributed by atoms with van der Waals surface area (Å²) in [4.78, 5) is 29.4. The quantitative estimate of drug-likeness (QED) is 0.762. The third kappa shape index (κ3) is 4.33. The summed E-state index contributed by atoms with van der Waals surface area (Å²) in [6.07, 6.45) is -2.63. The lowest BCUT2D eigenvalue weighted by Gasteiger charge is -2.14. The molecule has 0 aliphatic carbocycles. The fourth-order valence-corrected chi connectivity index (χ4v) is 1.27. The molecule has 0 fully saturated rings. The normalized spacial score (nSPS) is 12.3. The van der Waals surface area contributed by atoms with Crippen molar-refractivity contribution in [1.82, 2.24) is 9.97 Å². The maximum Gasteiger partial charge on any atom is 0.303 e. The molecule has 0 aromatic carbocycles. The van der Waals surface area contributed by atoms with Crippen molar-refractivity contribution in [1.29, 1.82) is 0 Å². The number of hydrogen-bond donors (Lipinski definition) is 0. The number of esters is 1. The van der Waals surface area contributed by atoms with Gasteiger partial charge in [0, 0.05) is 13.3 Å². The van der Waals surface area contributed by atoms with Gasteiger partial charge in [-0.3, -0.25) is 14.6 Å². The molecule has 0 spiro atoms. The molecule has 1 heterocycles. The van der Waals surface area contributed by atoms with Gasteiger partial charge in [-0.1, -0.05) is 11.6 Å². The third-order valence-electron chi connectivity index (χ3n) is 1.91. The molecule has 0 bridgehead atoms. The summed E-state index contributed by atoms with van der Waals surface area (Å²) in [5.74, 6) is -2.29. The van der Waals surface area contributed by atoms with Crippen molar-refractivity contribution in [3.63, 3.8) is 0 Å². The average Bonchev–Trinajstić information content (AvgIpc) is 2.29. The van der Waals surface area contributed by atoms with E-state index in [0.717, 1.165) is 6.92 Å². The monoisotopic (exact) mass is 278 g/mol. The Hall–Kier alpha value is -1.63. The van der Waals surface area contributed by atoms with Crippen LogP contribution in [0.15, 0.2) is 12.4 Å². The van der Waals surface area contributed by atoms with Gasteiger partial charge in [0.05, 0.1) is 18.1 Å². The Balaban J connectivity index is 2.81. The van der Waals surface area contributed by atoms with Crippen molar-refractivity contribution in [3.05, 3.63) is 23.2 Å². The van der Waals surface area contributed by atoms with E-state index in [-0.39, 0.29) is 17.3 Å². The zero-order valence-corrected chi connectivity index (χ0v) is 10.0. The van der Waals surface area contributed by atoms with E-state index in [0.29, 0.717) is 0 Å². The molecule has 1 atom stereocenters. The summed E-state index contributed by atoms with van der Waals surface area (Å²) >= 11 is 5.50. The van der Waals surface area contributed by atoms with Crippen LogP contribution in [0.2, 0.25) is 5.15 Å². The maximum absolute atomic E-state index is 12.3. The Kier molecular flexibility index (Phi) is 5.08. The van der Waals surface area contributed by atoms with E-state index in [1.807, 2.05) is 0 Å². The first-order valence-electron chi connectivity index (χ1n) is 4.85. The topological polar surface area (TPSA) is 69.2 Å². The van der Waals surface area contributed by atoms with E-state index in [1.165, 1.54) is 12.4 Å². The molecule has 0 aliphatic heterocycles. The predicted octanol–water partition coefficient (Wildman–Crippen LogP) is 1.44. The van der Waals surface area contributed by atoms with Crippen molar-refractivity contribution in [2.45, 2.75) is 25.9 Å². The molecule has 1 rings (SSSR count). The zero-order valence-electron chi connectivity index (χ0n) is 9.27.